The summed E-state index contributed by atoms with van der Waals surface area (Å²) < 4.78 is 5.08. The Hall–Kier alpha value is -1.55. The van der Waals surface area contributed by atoms with Crippen LogP contribution in [0.2, 0.25) is 0 Å². The first-order chi connectivity index (χ1) is 8.45. The van der Waals surface area contributed by atoms with Crippen LogP contribution in [0.4, 0.5) is 4.79 Å². The van der Waals surface area contributed by atoms with Crippen LogP contribution in [0, 0.1) is 0 Å². The molecule has 0 radical (unpaired) electrons. The van der Waals surface area contributed by atoms with Crippen LogP contribution in [-0.2, 0) is 14.3 Å². The molecule has 2 fully saturated rings. The van der Waals surface area contributed by atoms with Crippen LogP contribution in [0.5, 0.6) is 0 Å². The molecule has 4 unspecified atom stereocenters. The molecule has 3 amide bonds. The molecule has 4 N–H and O–H groups in total. The topological polar surface area (TPSA) is 136 Å². The monoisotopic (exact) mass is 260 g/mol. The van der Waals surface area contributed by atoms with Gasteiger partial charge >= 0.3 is 6.03 Å². The number of nitrogens with one attached hydrogen (secondary N) is 1. The van der Waals surface area contributed by atoms with Crippen LogP contribution in [0.25, 0.3) is 0 Å². The van der Waals surface area contributed by atoms with Crippen molar-refractivity contribution in [2.45, 2.75) is 24.5 Å². The zero-order chi connectivity index (χ0) is 13.4. The molecule has 0 saturated carbocycles. The lowest BCUT2D eigenvalue weighted by Gasteiger charge is -2.31. The molecule has 0 aromatic heterocycles. The van der Waals surface area contributed by atoms with E-state index in [9.17, 15) is 24.6 Å². The number of amides is 3. The maximum atomic E-state index is 11.5. The van der Waals surface area contributed by atoms with Crippen molar-refractivity contribution >= 4 is 17.7 Å². The minimum absolute atomic E-state index is 0.544. The number of ether oxygens (including phenoxy) is 1. The fraction of sp³-hybridized carbons (Fsp3) is 0.667. The molecule has 0 bridgehead atoms. The highest BCUT2D eigenvalue weighted by atomic mass is 16.6. The molecule has 0 aromatic rings. The normalized spacial score (nSPS) is 37.1. The number of aliphatic hydroxyl groups excluding tert-OH is 3. The number of aliphatic hydroxyl groups is 3. The molecule has 2 heterocycles. The SMILES string of the molecule is O=C1CN(C2OC(CO)C(O)C2O)C(=O)NC1=O. The lowest BCUT2D eigenvalue weighted by Crippen LogP contribution is -2.60. The van der Waals surface area contributed by atoms with Crippen LogP contribution in [-0.4, -0.2) is 75.6 Å². The Morgan fingerprint density at radius 3 is 2.50 bits per heavy atom. The summed E-state index contributed by atoms with van der Waals surface area (Å²) in [5, 5.41) is 29.9. The van der Waals surface area contributed by atoms with Gasteiger partial charge in [0.2, 0.25) is 5.78 Å². The van der Waals surface area contributed by atoms with Gasteiger partial charge in [-0.15, -0.1) is 0 Å². The van der Waals surface area contributed by atoms with Crippen molar-refractivity contribution in [2.75, 3.05) is 13.2 Å². The van der Waals surface area contributed by atoms with Crippen molar-refractivity contribution in [3.05, 3.63) is 0 Å². The standard InChI is InChI=1S/C9H12N2O7/c12-2-4-5(14)6(15)8(18-4)11-1-3(13)7(16)10-9(11)17/h4-6,8,12,14-15H,1-2H2,(H,10,16,17). The van der Waals surface area contributed by atoms with Crippen LogP contribution >= 0.6 is 0 Å². The minimum atomic E-state index is -1.46. The largest absolute Gasteiger partial charge is 0.394 e. The summed E-state index contributed by atoms with van der Waals surface area (Å²) >= 11 is 0. The molecule has 0 spiro atoms. The molecule has 100 valence electrons. The average Bonchev–Trinajstić information content (AvgIpc) is 2.61. The van der Waals surface area contributed by atoms with Crippen molar-refractivity contribution in [3.8, 4) is 0 Å². The predicted molar refractivity (Wildman–Crippen MR) is 53.0 cm³/mol. The van der Waals surface area contributed by atoms with E-state index in [1.54, 1.807) is 5.32 Å². The third-order valence-electron chi connectivity index (χ3n) is 2.87. The quantitative estimate of drug-likeness (QED) is 0.379. The fourth-order valence-electron chi connectivity index (χ4n) is 1.88. The predicted octanol–water partition coefficient (Wildman–Crippen LogP) is -3.45. The molecule has 0 aliphatic carbocycles. The molecule has 0 aromatic carbocycles. The van der Waals surface area contributed by atoms with E-state index in [2.05, 4.69) is 0 Å². The summed E-state index contributed by atoms with van der Waals surface area (Å²) in [7, 11) is 0. The molecule has 2 aliphatic rings. The van der Waals surface area contributed by atoms with Crippen LogP contribution in [0.3, 0.4) is 0 Å². The van der Waals surface area contributed by atoms with E-state index in [4.69, 9.17) is 9.84 Å². The van der Waals surface area contributed by atoms with E-state index in [1.807, 2.05) is 0 Å². The van der Waals surface area contributed by atoms with E-state index in [-0.39, 0.29) is 0 Å². The third kappa shape index (κ3) is 1.97. The number of nitrogens with zero attached hydrogens (tertiary/aromatic N) is 1. The van der Waals surface area contributed by atoms with Gasteiger partial charge in [0.15, 0.2) is 6.23 Å². The highest BCUT2D eigenvalue weighted by Gasteiger charge is 2.48. The first-order valence-electron chi connectivity index (χ1n) is 5.23. The van der Waals surface area contributed by atoms with E-state index in [0.29, 0.717) is 0 Å². The Bertz CT molecular complexity index is 398. The van der Waals surface area contributed by atoms with Gasteiger partial charge in [-0.05, 0) is 0 Å². The van der Waals surface area contributed by atoms with Crippen LogP contribution in [0.1, 0.15) is 0 Å². The summed E-state index contributed by atoms with van der Waals surface area (Å²) in [6, 6.07) is -0.894. The first kappa shape index (κ1) is 12.9. The van der Waals surface area contributed by atoms with Crippen LogP contribution < -0.4 is 5.32 Å². The molecule has 2 rings (SSSR count). The van der Waals surface area contributed by atoms with Gasteiger partial charge in [-0.3, -0.25) is 19.8 Å². The molecule has 2 aliphatic heterocycles. The Balaban J connectivity index is 2.14. The zero-order valence-electron chi connectivity index (χ0n) is 9.15. The van der Waals surface area contributed by atoms with Crippen molar-refractivity contribution in [1.82, 2.24) is 10.2 Å². The van der Waals surface area contributed by atoms with E-state index < -0.39 is 55.4 Å². The van der Waals surface area contributed by atoms with Crippen molar-refractivity contribution in [1.29, 1.82) is 0 Å². The number of Topliss-reactive ketones (excluding diaryl/α,β-unsaturated/α-hetero) is 1. The van der Waals surface area contributed by atoms with Gasteiger partial charge in [0, 0.05) is 0 Å². The van der Waals surface area contributed by atoms with E-state index >= 15 is 0 Å². The summed E-state index contributed by atoms with van der Waals surface area (Å²) in [6.45, 7) is -1.09. The summed E-state index contributed by atoms with van der Waals surface area (Å²) in [5.41, 5.74) is 0. The molecule has 2 saturated heterocycles. The Kier molecular flexibility index (Phi) is 3.30. The van der Waals surface area contributed by atoms with Crippen molar-refractivity contribution in [2.24, 2.45) is 0 Å². The number of urea groups is 1. The highest BCUT2D eigenvalue weighted by molar-refractivity contribution is 6.41. The average molecular weight is 260 g/mol. The first-order valence-corrected chi connectivity index (χ1v) is 5.23. The van der Waals surface area contributed by atoms with Gasteiger partial charge in [-0.1, -0.05) is 0 Å². The number of carbonyl (C=O) groups excluding carboxylic acids is 3. The van der Waals surface area contributed by atoms with Crippen molar-refractivity contribution in [3.63, 3.8) is 0 Å². The second-order valence-corrected chi connectivity index (χ2v) is 4.04. The number of imide groups is 1. The second-order valence-electron chi connectivity index (χ2n) is 4.04. The maximum absolute atomic E-state index is 11.5. The number of rotatable bonds is 2. The fourth-order valence-corrected chi connectivity index (χ4v) is 1.88. The molecule has 18 heavy (non-hydrogen) atoms. The van der Waals surface area contributed by atoms with Gasteiger partial charge in [0.05, 0.1) is 13.2 Å². The number of hydrogen-bond donors (Lipinski definition) is 4. The lowest BCUT2D eigenvalue weighted by molar-refractivity contribution is -0.143. The molecule has 4 atom stereocenters. The zero-order valence-corrected chi connectivity index (χ0v) is 9.15. The van der Waals surface area contributed by atoms with Crippen molar-refractivity contribution < 1.29 is 34.4 Å². The highest BCUT2D eigenvalue weighted by Crippen LogP contribution is 2.24. The number of hydrogen-bond acceptors (Lipinski definition) is 7. The van der Waals surface area contributed by atoms with Gasteiger partial charge in [0.25, 0.3) is 5.91 Å². The number of carbonyl (C=O) groups is 3. The molecule has 9 nitrogen and oxygen atoms in total. The maximum Gasteiger partial charge on any atom is 0.326 e. The summed E-state index contributed by atoms with van der Waals surface area (Å²) in [6.07, 6.45) is -5.17. The lowest BCUT2D eigenvalue weighted by atomic mass is 10.1. The molecular formula is C9H12N2O7. The third-order valence-corrected chi connectivity index (χ3v) is 2.87. The van der Waals surface area contributed by atoms with Gasteiger partial charge in [-0.2, -0.15) is 0 Å². The molecule has 9 heteroatoms. The van der Waals surface area contributed by atoms with Gasteiger partial charge in [-0.25, -0.2) is 4.79 Å². The summed E-state index contributed by atoms with van der Waals surface area (Å²) in [4.78, 5) is 34.4. The van der Waals surface area contributed by atoms with Gasteiger partial charge < -0.3 is 20.1 Å². The van der Waals surface area contributed by atoms with E-state index in [1.165, 1.54) is 0 Å². The van der Waals surface area contributed by atoms with Crippen LogP contribution in [0.15, 0.2) is 0 Å². The summed E-state index contributed by atoms with van der Waals surface area (Å²) in [5.74, 6) is -1.88. The Morgan fingerprint density at radius 1 is 1.28 bits per heavy atom. The van der Waals surface area contributed by atoms with Gasteiger partial charge in [0.1, 0.15) is 18.3 Å². The Labute approximate surface area is 101 Å². The second kappa shape index (κ2) is 4.61. The Morgan fingerprint density at radius 2 is 1.94 bits per heavy atom. The van der Waals surface area contributed by atoms with E-state index in [0.717, 1.165) is 4.90 Å². The smallest absolute Gasteiger partial charge is 0.326 e. The minimum Gasteiger partial charge on any atom is -0.394 e. The molecular weight excluding hydrogens is 248 g/mol. The number of ketones is 1.